The van der Waals surface area contributed by atoms with Crippen LogP contribution in [0.4, 0.5) is 0 Å². The molecular formula is C4H4I2O2S. The predicted octanol–water partition coefficient (Wildman–Crippen LogP) is 2.21. The summed E-state index contributed by atoms with van der Waals surface area (Å²) < 4.78 is 24.2. The van der Waals surface area contributed by atoms with Crippen LogP contribution in [0.2, 0.25) is 0 Å². The van der Waals surface area contributed by atoms with E-state index < -0.39 is 9.84 Å². The Hall–Kier alpha value is 0.890. The van der Waals surface area contributed by atoms with Crippen molar-refractivity contribution >= 4 is 55.0 Å². The maximum absolute atomic E-state index is 10.6. The van der Waals surface area contributed by atoms with E-state index in [0.717, 1.165) is 10.8 Å². The van der Waals surface area contributed by atoms with E-state index in [1.54, 1.807) is 0 Å². The van der Waals surface area contributed by atoms with Crippen LogP contribution >= 0.6 is 45.2 Å². The minimum absolute atomic E-state index is 1.14. The third-order valence-electron chi connectivity index (χ3n) is 0.482. The zero-order chi connectivity index (χ0) is 7.33. The van der Waals surface area contributed by atoms with Crippen molar-refractivity contribution in [2.75, 3.05) is 0 Å². The van der Waals surface area contributed by atoms with Gasteiger partial charge in [0.2, 0.25) is 0 Å². The van der Waals surface area contributed by atoms with Crippen LogP contribution in [0.25, 0.3) is 0 Å². The summed E-state index contributed by atoms with van der Waals surface area (Å²) in [5.74, 6) is 0. The molecule has 0 spiro atoms. The lowest BCUT2D eigenvalue weighted by atomic mass is 11.2. The number of sulfone groups is 1. The lowest BCUT2D eigenvalue weighted by molar-refractivity contribution is 0.613. The molecule has 0 amide bonds. The monoisotopic (exact) mass is 370 g/mol. The summed E-state index contributed by atoms with van der Waals surface area (Å²) >= 11 is 3.71. The lowest BCUT2D eigenvalue weighted by Gasteiger charge is -1.81. The van der Waals surface area contributed by atoms with Crippen LogP contribution < -0.4 is 0 Å². The van der Waals surface area contributed by atoms with Gasteiger partial charge in [-0.15, -0.1) is 0 Å². The first-order valence-electron chi connectivity index (χ1n) is 1.91. The molecule has 0 atom stereocenters. The summed E-state index contributed by atoms with van der Waals surface area (Å²) in [7, 11) is -3.06. The van der Waals surface area contributed by atoms with Crippen LogP contribution in [0.1, 0.15) is 0 Å². The standard InChI is InChI=1S/C4H4I2O2S/c5-1-3-9(7,8)4-2-6/h1-4H. The molecule has 0 N–H and O–H groups in total. The van der Waals surface area contributed by atoms with E-state index in [4.69, 9.17) is 0 Å². The van der Waals surface area contributed by atoms with Gasteiger partial charge in [-0.25, -0.2) is 8.42 Å². The molecule has 2 nitrogen and oxygen atoms in total. The van der Waals surface area contributed by atoms with Crippen molar-refractivity contribution in [1.82, 2.24) is 0 Å². The summed E-state index contributed by atoms with van der Waals surface area (Å²) in [5, 5.41) is 2.28. The van der Waals surface area contributed by atoms with Gasteiger partial charge in [-0.1, -0.05) is 45.2 Å². The van der Waals surface area contributed by atoms with Gasteiger partial charge in [-0.05, 0) is 8.17 Å². The first-order valence-corrected chi connectivity index (χ1v) is 6.01. The molecule has 0 rings (SSSR count). The second-order valence-electron chi connectivity index (χ2n) is 1.11. The van der Waals surface area contributed by atoms with Gasteiger partial charge in [0, 0.05) is 10.8 Å². The number of hydrogen-bond donors (Lipinski definition) is 0. The highest BCUT2D eigenvalue weighted by molar-refractivity contribution is 14.1. The molecule has 52 valence electrons. The Balaban J connectivity index is 4.42. The highest BCUT2D eigenvalue weighted by atomic mass is 127. The highest BCUT2D eigenvalue weighted by Crippen LogP contribution is 1.99. The van der Waals surface area contributed by atoms with Gasteiger partial charge >= 0.3 is 0 Å². The van der Waals surface area contributed by atoms with E-state index in [0.29, 0.717) is 0 Å². The summed E-state index contributed by atoms with van der Waals surface area (Å²) in [6, 6.07) is 0. The molecular weight excluding hydrogens is 366 g/mol. The molecule has 0 aliphatic heterocycles. The molecule has 0 saturated carbocycles. The van der Waals surface area contributed by atoms with Gasteiger partial charge in [0.05, 0.1) is 0 Å². The second-order valence-corrected chi connectivity index (χ2v) is 4.27. The second kappa shape index (κ2) is 4.67. The molecule has 0 aliphatic rings. The van der Waals surface area contributed by atoms with Crippen molar-refractivity contribution in [1.29, 1.82) is 0 Å². The third-order valence-corrected chi connectivity index (χ3v) is 3.21. The summed E-state index contributed by atoms with van der Waals surface area (Å²) in [4.78, 5) is 0. The zero-order valence-corrected chi connectivity index (χ0v) is 9.42. The fourth-order valence-electron chi connectivity index (χ4n) is 0.189. The zero-order valence-electron chi connectivity index (χ0n) is 4.29. The van der Waals surface area contributed by atoms with Crippen molar-refractivity contribution in [3.63, 3.8) is 0 Å². The smallest absolute Gasteiger partial charge is 0.193 e. The van der Waals surface area contributed by atoms with Crippen molar-refractivity contribution in [2.24, 2.45) is 0 Å². The van der Waals surface area contributed by atoms with Crippen molar-refractivity contribution in [3.8, 4) is 0 Å². The maximum Gasteiger partial charge on any atom is 0.193 e. The highest BCUT2D eigenvalue weighted by Gasteiger charge is 1.94. The molecule has 0 aromatic carbocycles. The molecule has 0 heterocycles. The summed E-state index contributed by atoms with van der Waals surface area (Å²) in [6.07, 6.45) is 0. The molecule has 0 bridgehead atoms. The van der Waals surface area contributed by atoms with Gasteiger partial charge in [-0.2, -0.15) is 0 Å². The first-order chi connectivity index (χ1) is 4.12. The van der Waals surface area contributed by atoms with Crippen molar-refractivity contribution < 1.29 is 8.42 Å². The van der Waals surface area contributed by atoms with Crippen LogP contribution in [-0.4, -0.2) is 8.42 Å². The Morgan fingerprint density at radius 1 is 1.00 bits per heavy atom. The van der Waals surface area contributed by atoms with Gasteiger partial charge in [0.1, 0.15) is 0 Å². The Kier molecular flexibility index (Phi) is 5.13. The normalized spacial score (nSPS) is 13.6. The molecule has 0 fully saturated rings. The SMILES string of the molecule is O=S(=O)(C=CI)C=CI. The molecule has 0 aliphatic carbocycles. The minimum atomic E-state index is -3.06. The van der Waals surface area contributed by atoms with Crippen molar-refractivity contribution in [3.05, 3.63) is 19.0 Å². The molecule has 0 saturated heterocycles. The van der Waals surface area contributed by atoms with E-state index in [2.05, 4.69) is 0 Å². The first kappa shape index (κ1) is 9.89. The van der Waals surface area contributed by atoms with Crippen LogP contribution in [0.5, 0.6) is 0 Å². The number of hydrogen-bond acceptors (Lipinski definition) is 2. The molecule has 5 heteroatoms. The van der Waals surface area contributed by atoms with E-state index in [1.807, 2.05) is 45.2 Å². The van der Waals surface area contributed by atoms with Crippen molar-refractivity contribution in [2.45, 2.75) is 0 Å². The van der Waals surface area contributed by atoms with E-state index in [1.165, 1.54) is 8.17 Å². The lowest BCUT2D eigenvalue weighted by Crippen LogP contribution is -1.84. The molecule has 0 aromatic rings. The topological polar surface area (TPSA) is 34.1 Å². The molecule has 9 heavy (non-hydrogen) atoms. The molecule has 0 radical (unpaired) electrons. The Morgan fingerprint density at radius 3 is 1.56 bits per heavy atom. The fraction of sp³-hybridized carbons (Fsp3) is 0. The minimum Gasteiger partial charge on any atom is -0.220 e. The summed E-state index contributed by atoms with van der Waals surface area (Å²) in [6.45, 7) is 0. The van der Waals surface area contributed by atoms with E-state index >= 15 is 0 Å². The van der Waals surface area contributed by atoms with E-state index in [9.17, 15) is 8.42 Å². The molecule has 0 unspecified atom stereocenters. The Morgan fingerprint density at radius 2 is 1.33 bits per heavy atom. The quantitative estimate of drug-likeness (QED) is 0.699. The maximum atomic E-state index is 10.6. The summed E-state index contributed by atoms with van der Waals surface area (Å²) in [5.41, 5.74) is 0. The third kappa shape index (κ3) is 5.34. The number of rotatable bonds is 2. The average Bonchev–Trinajstić information content (AvgIpc) is 1.64. The van der Waals surface area contributed by atoms with Crippen LogP contribution in [0.3, 0.4) is 0 Å². The molecule has 0 aromatic heterocycles. The van der Waals surface area contributed by atoms with Gasteiger partial charge in [0.25, 0.3) is 0 Å². The Labute approximate surface area is 81.6 Å². The van der Waals surface area contributed by atoms with E-state index in [-0.39, 0.29) is 0 Å². The van der Waals surface area contributed by atoms with Crippen LogP contribution in [-0.2, 0) is 9.84 Å². The average molecular weight is 370 g/mol. The van der Waals surface area contributed by atoms with Gasteiger partial charge in [0.15, 0.2) is 9.84 Å². The Bertz CT molecular complexity index is 197. The fourth-order valence-corrected chi connectivity index (χ4v) is 3.02. The van der Waals surface area contributed by atoms with Crippen LogP contribution in [0.15, 0.2) is 19.0 Å². The number of halogens is 2. The van der Waals surface area contributed by atoms with Gasteiger partial charge < -0.3 is 0 Å². The van der Waals surface area contributed by atoms with Crippen LogP contribution in [0, 0.1) is 0 Å². The largest absolute Gasteiger partial charge is 0.220 e. The van der Waals surface area contributed by atoms with Gasteiger partial charge in [-0.3, -0.25) is 0 Å². The predicted molar refractivity (Wildman–Crippen MR) is 55.2 cm³/mol.